The van der Waals surface area contributed by atoms with Crippen molar-refractivity contribution < 1.29 is 16.6 Å². The zero-order valence-corrected chi connectivity index (χ0v) is 12.0. The Balaban J connectivity index is 5.01. The van der Waals surface area contributed by atoms with E-state index in [1.165, 1.54) is 0 Å². The zero-order chi connectivity index (χ0) is 12.2. The molecular weight excluding hydrogens is 235 g/mol. The van der Waals surface area contributed by atoms with Gasteiger partial charge in [0.05, 0.1) is 0 Å². The van der Waals surface area contributed by atoms with Crippen LogP contribution in [0.25, 0.3) is 0 Å². The van der Waals surface area contributed by atoms with E-state index in [-0.39, 0.29) is 6.61 Å². The first-order chi connectivity index (χ1) is 6.75. The first-order valence-corrected chi connectivity index (χ1v) is 9.85. The molecule has 0 bridgehead atoms. The summed E-state index contributed by atoms with van der Waals surface area (Å²) in [6, 6.07) is 0. The second-order valence-corrected chi connectivity index (χ2v) is 12.0. The second kappa shape index (κ2) is 5.09. The van der Waals surface area contributed by atoms with Crippen molar-refractivity contribution in [2.75, 3.05) is 31.8 Å². The van der Waals surface area contributed by atoms with Crippen LogP contribution in [0.4, 0.5) is 0 Å². The van der Waals surface area contributed by atoms with E-state index in [4.69, 9.17) is 3.97 Å². The van der Waals surface area contributed by atoms with Gasteiger partial charge in [-0.05, 0) is 0 Å². The first kappa shape index (κ1) is 15.3. The summed E-state index contributed by atoms with van der Waals surface area (Å²) in [4.78, 5) is 0. The van der Waals surface area contributed by atoms with Gasteiger partial charge in [-0.1, -0.05) is 0 Å². The van der Waals surface area contributed by atoms with Gasteiger partial charge in [0.15, 0.2) is 0 Å². The van der Waals surface area contributed by atoms with Gasteiger partial charge in [0.2, 0.25) is 0 Å². The molecule has 0 aliphatic rings. The first-order valence-electron chi connectivity index (χ1n) is 5.36. The van der Waals surface area contributed by atoms with Gasteiger partial charge >= 0.3 is 93.3 Å². The fourth-order valence-electron chi connectivity index (χ4n) is 1.28. The van der Waals surface area contributed by atoms with E-state index in [0.29, 0.717) is 0 Å². The minimum absolute atomic E-state index is 0.117. The van der Waals surface area contributed by atoms with Crippen LogP contribution < -0.4 is 0 Å². The molecule has 0 heterocycles. The molecule has 0 saturated heterocycles. The van der Waals surface area contributed by atoms with Crippen LogP contribution in [0.3, 0.4) is 0 Å². The molecule has 0 amide bonds. The van der Waals surface area contributed by atoms with E-state index in [1.54, 1.807) is 6.92 Å². The van der Waals surface area contributed by atoms with Gasteiger partial charge in [-0.2, -0.15) is 0 Å². The van der Waals surface area contributed by atoms with Crippen LogP contribution >= 0.6 is 6.83 Å². The van der Waals surface area contributed by atoms with E-state index in [1.807, 2.05) is 27.4 Å². The molecule has 0 radical (unpaired) electrons. The van der Waals surface area contributed by atoms with Crippen molar-refractivity contribution >= 4 is 17.2 Å². The molecule has 0 fully saturated rings. The van der Waals surface area contributed by atoms with Crippen LogP contribution in [0.15, 0.2) is 0 Å². The monoisotopic (exact) mass is 258 g/mol. The average Bonchev–Trinajstić information content (AvgIpc) is 2.17. The summed E-state index contributed by atoms with van der Waals surface area (Å²) in [7, 11) is -3.83. The third kappa shape index (κ3) is 3.99. The molecule has 0 aromatic heterocycles. The van der Waals surface area contributed by atoms with Crippen LogP contribution in [-0.2, 0) is 18.6 Å². The van der Waals surface area contributed by atoms with Gasteiger partial charge in [0.25, 0.3) is 0 Å². The summed E-state index contributed by atoms with van der Waals surface area (Å²) in [5, 5.41) is 0. The molecule has 6 heteroatoms. The predicted molar refractivity (Wildman–Crippen MR) is 66.1 cm³/mol. The average molecular weight is 258 g/mol. The summed E-state index contributed by atoms with van der Waals surface area (Å²) in [5.74, 6) is 0. The van der Waals surface area contributed by atoms with Crippen molar-refractivity contribution in [3.8, 4) is 0 Å². The standard InChI is InChI=1S/C9H23O4PS/c1-6-12-15(10,11)13-14(5,7-2,8-3)9-4/h6-9H2,1-5H3. The second-order valence-electron chi connectivity index (χ2n) is 4.03. The van der Waals surface area contributed by atoms with Crippen LogP contribution in [0.1, 0.15) is 27.7 Å². The maximum absolute atomic E-state index is 11.5. The molecule has 0 aliphatic heterocycles. The van der Waals surface area contributed by atoms with Gasteiger partial charge in [-0.25, -0.2) is 0 Å². The van der Waals surface area contributed by atoms with Crippen molar-refractivity contribution in [2.45, 2.75) is 27.7 Å². The Morgan fingerprint density at radius 2 is 1.40 bits per heavy atom. The molecule has 0 atom stereocenters. The Bertz CT molecular complexity index is 284. The molecule has 15 heavy (non-hydrogen) atoms. The Kier molecular flexibility index (Phi) is 5.19. The van der Waals surface area contributed by atoms with Crippen molar-refractivity contribution in [2.24, 2.45) is 0 Å². The van der Waals surface area contributed by atoms with Gasteiger partial charge in [-0.15, -0.1) is 0 Å². The summed E-state index contributed by atoms with van der Waals surface area (Å²) < 4.78 is 33.1. The molecule has 94 valence electrons. The van der Waals surface area contributed by atoms with Crippen LogP contribution in [0.2, 0.25) is 0 Å². The summed E-state index contributed by atoms with van der Waals surface area (Å²) in [6.45, 7) is 7.07. The molecule has 4 nitrogen and oxygen atoms in total. The van der Waals surface area contributed by atoms with Crippen LogP contribution in [0, 0.1) is 0 Å². The maximum atomic E-state index is 11.5. The Labute approximate surface area is 93.7 Å². The van der Waals surface area contributed by atoms with Crippen LogP contribution in [-0.4, -0.2) is 40.2 Å². The summed E-state index contributed by atoms with van der Waals surface area (Å²) in [5.41, 5.74) is 0. The molecule has 0 saturated carbocycles. The molecule has 0 aromatic carbocycles. The van der Waals surface area contributed by atoms with Crippen molar-refractivity contribution in [1.29, 1.82) is 0 Å². The van der Waals surface area contributed by atoms with Crippen LogP contribution in [0.5, 0.6) is 0 Å². The molecule has 0 spiro atoms. The summed E-state index contributed by atoms with van der Waals surface area (Å²) in [6.07, 6.45) is 2.26. The van der Waals surface area contributed by atoms with Crippen molar-refractivity contribution in [3.63, 3.8) is 0 Å². The number of hydrogen-bond donors (Lipinski definition) is 0. The van der Waals surface area contributed by atoms with Gasteiger partial charge in [0.1, 0.15) is 0 Å². The molecule has 0 aliphatic carbocycles. The van der Waals surface area contributed by atoms with Crippen molar-refractivity contribution in [3.05, 3.63) is 0 Å². The topological polar surface area (TPSA) is 52.6 Å². The fraction of sp³-hybridized carbons (Fsp3) is 1.00. The van der Waals surface area contributed by atoms with Gasteiger partial charge < -0.3 is 0 Å². The van der Waals surface area contributed by atoms with E-state index in [9.17, 15) is 8.42 Å². The Morgan fingerprint density at radius 1 is 1.00 bits per heavy atom. The van der Waals surface area contributed by atoms with Gasteiger partial charge in [-0.3, -0.25) is 0 Å². The quantitative estimate of drug-likeness (QED) is 0.658. The molecule has 0 N–H and O–H groups in total. The molecule has 0 aromatic rings. The Hall–Kier alpha value is 0.300. The third-order valence-corrected chi connectivity index (χ3v) is 11.7. The predicted octanol–water partition coefficient (Wildman–Crippen LogP) is 2.44. The minimum atomic E-state index is -3.83. The molecular formula is C9H23O4PS. The van der Waals surface area contributed by atoms with E-state index in [0.717, 1.165) is 18.5 Å². The molecule has 0 rings (SSSR count). The normalized spacial score (nSPS) is 15.9. The van der Waals surface area contributed by atoms with E-state index >= 15 is 0 Å². The Morgan fingerprint density at radius 3 is 1.67 bits per heavy atom. The van der Waals surface area contributed by atoms with Gasteiger partial charge in [0, 0.05) is 0 Å². The summed E-state index contributed by atoms with van der Waals surface area (Å²) >= 11 is 0. The van der Waals surface area contributed by atoms with Crippen molar-refractivity contribution in [1.82, 2.24) is 0 Å². The fourth-order valence-corrected chi connectivity index (χ4v) is 6.63. The number of rotatable bonds is 7. The third-order valence-electron chi connectivity index (χ3n) is 3.26. The van der Waals surface area contributed by atoms with E-state index < -0.39 is 17.2 Å². The SMILES string of the molecule is CCOS(=O)(=O)OP(C)(CC)(CC)CC. The number of hydrogen-bond acceptors (Lipinski definition) is 4. The zero-order valence-electron chi connectivity index (χ0n) is 10.3. The molecule has 0 unspecified atom stereocenters. The van der Waals surface area contributed by atoms with E-state index in [2.05, 4.69) is 4.18 Å².